The van der Waals surface area contributed by atoms with Crippen LogP contribution >= 0.6 is 11.3 Å². The van der Waals surface area contributed by atoms with Gasteiger partial charge in [0.05, 0.1) is 4.88 Å². The monoisotopic (exact) mass is 398 g/mol. The number of nitrogens with zero attached hydrogens (tertiary/aromatic N) is 1. The summed E-state index contributed by atoms with van der Waals surface area (Å²) in [6.45, 7) is 0. The van der Waals surface area contributed by atoms with Crippen molar-refractivity contribution in [1.82, 2.24) is 10.2 Å². The maximum absolute atomic E-state index is 13.2. The Balaban J connectivity index is 1.58. The highest BCUT2D eigenvalue weighted by atomic mass is 32.1. The predicted octanol–water partition coefficient (Wildman–Crippen LogP) is 3.18. The highest BCUT2D eigenvalue weighted by Gasteiger charge is 2.41. The SMILES string of the molecule is O=C(NC1C/C=C\CC2CCCC(C(=O)O)N2C1=O)c1cc2ccccc2s1. The number of thiophene rings is 1. The first-order valence-corrected chi connectivity index (χ1v) is 10.4. The van der Waals surface area contributed by atoms with E-state index in [4.69, 9.17) is 0 Å². The van der Waals surface area contributed by atoms with Crippen molar-refractivity contribution >= 4 is 39.2 Å². The van der Waals surface area contributed by atoms with Gasteiger partial charge in [-0.15, -0.1) is 11.3 Å². The summed E-state index contributed by atoms with van der Waals surface area (Å²) in [6, 6.07) is 7.87. The molecule has 1 fully saturated rings. The number of hydrogen-bond acceptors (Lipinski definition) is 4. The molecule has 2 aliphatic heterocycles. The van der Waals surface area contributed by atoms with Crippen LogP contribution in [0.25, 0.3) is 10.1 Å². The molecule has 7 heteroatoms. The van der Waals surface area contributed by atoms with E-state index in [9.17, 15) is 19.5 Å². The van der Waals surface area contributed by atoms with Gasteiger partial charge in [-0.3, -0.25) is 9.59 Å². The molecule has 1 saturated heterocycles. The lowest BCUT2D eigenvalue weighted by Crippen LogP contribution is -2.59. The van der Waals surface area contributed by atoms with Gasteiger partial charge in [0.25, 0.3) is 5.91 Å². The van der Waals surface area contributed by atoms with Crippen molar-refractivity contribution < 1.29 is 19.5 Å². The Morgan fingerprint density at radius 1 is 1.14 bits per heavy atom. The summed E-state index contributed by atoms with van der Waals surface area (Å²) in [5.74, 6) is -1.57. The van der Waals surface area contributed by atoms with E-state index in [2.05, 4.69) is 5.32 Å². The van der Waals surface area contributed by atoms with Gasteiger partial charge in [0.15, 0.2) is 0 Å². The molecule has 0 saturated carbocycles. The number of carboxylic acids is 1. The second kappa shape index (κ2) is 7.75. The maximum Gasteiger partial charge on any atom is 0.326 e. The molecule has 0 radical (unpaired) electrons. The van der Waals surface area contributed by atoms with Gasteiger partial charge in [0, 0.05) is 10.7 Å². The third kappa shape index (κ3) is 3.54. The number of amides is 2. The zero-order valence-electron chi connectivity index (χ0n) is 15.3. The minimum Gasteiger partial charge on any atom is -0.480 e. The Labute approximate surface area is 166 Å². The number of rotatable bonds is 3. The Morgan fingerprint density at radius 3 is 2.71 bits per heavy atom. The van der Waals surface area contributed by atoms with Crippen LogP contribution in [-0.4, -0.2) is 45.9 Å². The minimum absolute atomic E-state index is 0.123. The molecule has 146 valence electrons. The number of aliphatic carboxylic acids is 1. The second-order valence-electron chi connectivity index (χ2n) is 7.30. The fraction of sp³-hybridized carbons (Fsp3) is 0.381. The van der Waals surface area contributed by atoms with Crippen LogP contribution in [0.4, 0.5) is 0 Å². The van der Waals surface area contributed by atoms with E-state index in [1.54, 1.807) is 0 Å². The van der Waals surface area contributed by atoms with Crippen molar-refractivity contribution in [3.05, 3.63) is 47.4 Å². The van der Waals surface area contributed by atoms with Crippen molar-refractivity contribution in [2.75, 3.05) is 0 Å². The largest absolute Gasteiger partial charge is 0.480 e. The Kier molecular flexibility index (Phi) is 5.17. The second-order valence-corrected chi connectivity index (χ2v) is 8.39. The van der Waals surface area contributed by atoms with Crippen LogP contribution in [0.3, 0.4) is 0 Å². The van der Waals surface area contributed by atoms with E-state index in [1.807, 2.05) is 42.5 Å². The molecule has 28 heavy (non-hydrogen) atoms. The number of carbonyl (C=O) groups excluding carboxylic acids is 2. The van der Waals surface area contributed by atoms with Crippen LogP contribution in [0.5, 0.6) is 0 Å². The summed E-state index contributed by atoms with van der Waals surface area (Å²) >= 11 is 1.38. The van der Waals surface area contributed by atoms with E-state index < -0.39 is 18.1 Å². The van der Waals surface area contributed by atoms with Gasteiger partial charge in [-0.05, 0) is 49.6 Å². The van der Waals surface area contributed by atoms with Gasteiger partial charge in [-0.25, -0.2) is 4.79 Å². The van der Waals surface area contributed by atoms with E-state index >= 15 is 0 Å². The van der Waals surface area contributed by atoms with Gasteiger partial charge in [-0.1, -0.05) is 30.4 Å². The molecule has 2 N–H and O–H groups in total. The number of carbonyl (C=O) groups is 3. The van der Waals surface area contributed by atoms with Crippen molar-refractivity contribution in [1.29, 1.82) is 0 Å². The van der Waals surface area contributed by atoms with Crippen LogP contribution in [-0.2, 0) is 9.59 Å². The number of piperidine rings is 1. The third-order valence-electron chi connectivity index (χ3n) is 5.48. The normalized spacial score (nSPS) is 26.2. The average Bonchev–Trinajstić information content (AvgIpc) is 3.12. The summed E-state index contributed by atoms with van der Waals surface area (Å²) in [4.78, 5) is 39.8. The first kappa shape index (κ1) is 18.7. The van der Waals surface area contributed by atoms with Crippen molar-refractivity contribution in [3.8, 4) is 0 Å². The Hall–Kier alpha value is -2.67. The molecule has 4 rings (SSSR count). The highest BCUT2D eigenvalue weighted by Crippen LogP contribution is 2.29. The first-order chi connectivity index (χ1) is 13.5. The molecular weight excluding hydrogens is 376 g/mol. The smallest absolute Gasteiger partial charge is 0.326 e. The minimum atomic E-state index is -0.975. The molecular formula is C21H22N2O4S. The lowest BCUT2D eigenvalue weighted by Gasteiger charge is -2.42. The summed E-state index contributed by atoms with van der Waals surface area (Å²) in [5.41, 5.74) is 0. The lowest BCUT2D eigenvalue weighted by atomic mass is 9.90. The Bertz CT molecular complexity index is 918. The molecule has 2 aliphatic rings. The molecule has 3 atom stereocenters. The van der Waals surface area contributed by atoms with Crippen LogP contribution in [0.15, 0.2) is 42.5 Å². The summed E-state index contributed by atoms with van der Waals surface area (Å²) < 4.78 is 1.01. The standard InChI is InChI=1S/C21H22N2O4S/c24-19(18-12-13-6-1-4-11-17(13)28-18)22-15-9-3-2-7-14-8-5-10-16(21(26)27)23(14)20(15)25/h1-4,6,11-12,14-16H,5,7-10H2,(H,22,24)(H,26,27)/b3-2-. The van der Waals surface area contributed by atoms with E-state index in [1.165, 1.54) is 16.2 Å². The van der Waals surface area contributed by atoms with Gasteiger partial charge in [-0.2, -0.15) is 0 Å². The molecule has 1 aromatic heterocycles. The number of hydrogen-bond donors (Lipinski definition) is 2. The first-order valence-electron chi connectivity index (χ1n) is 9.54. The van der Waals surface area contributed by atoms with Gasteiger partial charge < -0.3 is 15.3 Å². The molecule has 2 amide bonds. The quantitative estimate of drug-likeness (QED) is 0.778. The number of benzene rings is 1. The maximum atomic E-state index is 13.2. The lowest BCUT2D eigenvalue weighted by molar-refractivity contribution is -0.156. The van der Waals surface area contributed by atoms with E-state index in [0.29, 0.717) is 24.1 Å². The highest BCUT2D eigenvalue weighted by molar-refractivity contribution is 7.20. The fourth-order valence-corrected chi connectivity index (χ4v) is 5.06. The van der Waals surface area contributed by atoms with Crippen LogP contribution < -0.4 is 5.32 Å². The predicted molar refractivity (Wildman–Crippen MR) is 107 cm³/mol. The summed E-state index contributed by atoms with van der Waals surface area (Å²) in [6.07, 6.45) is 6.97. The summed E-state index contributed by atoms with van der Waals surface area (Å²) in [5, 5.41) is 13.4. The van der Waals surface area contributed by atoms with Crippen LogP contribution in [0.2, 0.25) is 0 Å². The van der Waals surface area contributed by atoms with Crippen molar-refractivity contribution in [2.45, 2.75) is 50.2 Å². The molecule has 3 unspecified atom stereocenters. The van der Waals surface area contributed by atoms with Crippen LogP contribution in [0.1, 0.15) is 41.8 Å². The number of nitrogens with one attached hydrogen (secondary N) is 1. The topological polar surface area (TPSA) is 86.7 Å². The average molecular weight is 398 g/mol. The summed E-state index contributed by atoms with van der Waals surface area (Å²) in [7, 11) is 0. The Morgan fingerprint density at radius 2 is 1.93 bits per heavy atom. The molecule has 6 nitrogen and oxygen atoms in total. The van der Waals surface area contributed by atoms with Crippen molar-refractivity contribution in [3.63, 3.8) is 0 Å². The molecule has 0 bridgehead atoms. The van der Waals surface area contributed by atoms with Gasteiger partial charge in [0.2, 0.25) is 5.91 Å². The van der Waals surface area contributed by atoms with Crippen molar-refractivity contribution in [2.24, 2.45) is 0 Å². The van der Waals surface area contributed by atoms with Gasteiger partial charge >= 0.3 is 5.97 Å². The number of carboxylic acid groups (broad SMARTS) is 1. The zero-order chi connectivity index (χ0) is 19.7. The van der Waals surface area contributed by atoms with Crippen LogP contribution in [0, 0.1) is 0 Å². The molecule has 1 aromatic carbocycles. The fourth-order valence-electron chi connectivity index (χ4n) is 4.10. The molecule has 0 aliphatic carbocycles. The molecule has 0 spiro atoms. The van der Waals surface area contributed by atoms with Gasteiger partial charge in [0.1, 0.15) is 12.1 Å². The zero-order valence-corrected chi connectivity index (χ0v) is 16.2. The van der Waals surface area contributed by atoms with E-state index in [0.717, 1.165) is 22.9 Å². The molecule has 3 heterocycles. The number of fused-ring (bicyclic) bond motifs is 2. The third-order valence-corrected chi connectivity index (χ3v) is 6.60. The van der Waals surface area contributed by atoms with E-state index in [-0.39, 0.29) is 17.9 Å². The molecule has 2 aromatic rings.